The van der Waals surface area contributed by atoms with Crippen molar-refractivity contribution in [2.24, 2.45) is 17.6 Å². The Kier molecular flexibility index (Phi) is 6.41. The Bertz CT molecular complexity index is 442. The molecule has 3 N–H and O–H groups in total. The summed E-state index contributed by atoms with van der Waals surface area (Å²) >= 11 is 1.41. The van der Waals surface area contributed by atoms with Crippen LogP contribution in [0.1, 0.15) is 32.1 Å². The van der Waals surface area contributed by atoms with E-state index in [0.29, 0.717) is 61.7 Å². The highest BCUT2D eigenvalue weighted by Crippen LogP contribution is 2.39. The molecular formula is C17H29N3O3S. The van der Waals surface area contributed by atoms with Crippen LogP contribution in [0.15, 0.2) is 0 Å². The largest absolute Gasteiger partial charge is 0.378 e. The number of nitrogens with one attached hydrogen (secondary N) is 1. The van der Waals surface area contributed by atoms with Crippen molar-refractivity contribution in [3.05, 3.63) is 0 Å². The van der Waals surface area contributed by atoms with Gasteiger partial charge in [0.05, 0.1) is 24.7 Å². The Labute approximate surface area is 148 Å². The van der Waals surface area contributed by atoms with Crippen molar-refractivity contribution in [2.75, 3.05) is 37.8 Å². The van der Waals surface area contributed by atoms with Crippen molar-refractivity contribution in [3.8, 4) is 0 Å². The molecule has 1 aliphatic heterocycles. The van der Waals surface area contributed by atoms with Crippen LogP contribution in [0.2, 0.25) is 0 Å². The number of amides is 2. The topological polar surface area (TPSA) is 84.7 Å². The molecule has 0 aromatic heterocycles. The lowest BCUT2D eigenvalue weighted by Gasteiger charge is -2.45. The summed E-state index contributed by atoms with van der Waals surface area (Å²) in [6.45, 7) is 2.56. The third kappa shape index (κ3) is 4.64. The molecule has 0 radical (unpaired) electrons. The van der Waals surface area contributed by atoms with Crippen molar-refractivity contribution in [1.82, 2.24) is 10.2 Å². The molecule has 2 amide bonds. The summed E-state index contributed by atoms with van der Waals surface area (Å²) in [5, 5.41) is 3.23. The first-order valence-corrected chi connectivity index (χ1v) is 10.3. The van der Waals surface area contributed by atoms with Gasteiger partial charge in [0, 0.05) is 25.2 Å². The summed E-state index contributed by atoms with van der Waals surface area (Å²) in [5.74, 6) is 1.98. The van der Waals surface area contributed by atoms with Gasteiger partial charge in [-0.1, -0.05) is 6.42 Å². The zero-order valence-electron chi connectivity index (χ0n) is 14.2. The van der Waals surface area contributed by atoms with Crippen molar-refractivity contribution in [2.45, 2.75) is 44.2 Å². The van der Waals surface area contributed by atoms with Crippen molar-refractivity contribution < 1.29 is 14.3 Å². The number of fused-ring (bicyclic) bond motifs is 2. The molecule has 3 rings (SSSR count). The molecule has 3 fully saturated rings. The van der Waals surface area contributed by atoms with E-state index in [9.17, 15) is 9.59 Å². The van der Waals surface area contributed by atoms with E-state index in [-0.39, 0.29) is 11.8 Å². The number of ether oxygens (including phenoxy) is 1. The second kappa shape index (κ2) is 8.54. The van der Waals surface area contributed by atoms with Gasteiger partial charge in [-0.2, -0.15) is 0 Å². The Balaban J connectivity index is 1.38. The maximum absolute atomic E-state index is 12.3. The molecule has 6 nitrogen and oxygen atoms in total. The third-order valence-electron chi connectivity index (χ3n) is 5.53. The summed E-state index contributed by atoms with van der Waals surface area (Å²) in [6, 6.07) is 0.593. The van der Waals surface area contributed by atoms with Gasteiger partial charge in [0.2, 0.25) is 11.8 Å². The fourth-order valence-electron chi connectivity index (χ4n) is 4.39. The Morgan fingerprint density at radius 1 is 1.12 bits per heavy atom. The lowest BCUT2D eigenvalue weighted by Crippen LogP contribution is -2.54. The summed E-state index contributed by atoms with van der Waals surface area (Å²) in [7, 11) is 0. The minimum absolute atomic E-state index is 0.0622. The van der Waals surface area contributed by atoms with Gasteiger partial charge in [-0.25, -0.2) is 0 Å². The van der Waals surface area contributed by atoms with Gasteiger partial charge in [-0.15, -0.1) is 11.8 Å². The normalized spacial score (nSPS) is 33.1. The summed E-state index contributed by atoms with van der Waals surface area (Å²) < 4.78 is 5.25. The van der Waals surface area contributed by atoms with Crippen molar-refractivity contribution >= 4 is 23.6 Å². The standard InChI is InChI=1S/C17H29N3O3S/c18-14-8-12-2-1-3-13(9-14)17(12)19-15(21)10-24-11-16(22)20-4-6-23-7-5-20/h12-14,17H,1-11,18H2,(H,19,21). The number of nitrogens with zero attached hydrogens (tertiary/aromatic N) is 1. The Morgan fingerprint density at radius 2 is 1.79 bits per heavy atom. The lowest BCUT2D eigenvalue weighted by molar-refractivity contribution is -0.132. The van der Waals surface area contributed by atoms with Gasteiger partial charge >= 0.3 is 0 Å². The summed E-state index contributed by atoms with van der Waals surface area (Å²) in [5.41, 5.74) is 6.13. The van der Waals surface area contributed by atoms with Crippen LogP contribution in [0, 0.1) is 11.8 Å². The number of carbonyl (C=O) groups excluding carboxylic acids is 2. The van der Waals surface area contributed by atoms with Gasteiger partial charge in [0.15, 0.2) is 0 Å². The molecule has 1 saturated heterocycles. The third-order valence-corrected chi connectivity index (χ3v) is 6.44. The molecule has 2 unspecified atom stereocenters. The minimum atomic E-state index is 0.0622. The molecule has 2 bridgehead atoms. The number of rotatable bonds is 5. The molecule has 0 aromatic carbocycles. The van der Waals surface area contributed by atoms with Crippen molar-refractivity contribution in [1.29, 1.82) is 0 Å². The van der Waals surface area contributed by atoms with Gasteiger partial charge in [0.25, 0.3) is 0 Å². The predicted octanol–water partition coefficient (Wildman–Crippen LogP) is 0.601. The predicted molar refractivity (Wildman–Crippen MR) is 94.7 cm³/mol. The number of morpholine rings is 1. The lowest BCUT2D eigenvalue weighted by atomic mass is 9.67. The Morgan fingerprint density at radius 3 is 2.46 bits per heavy atom. The SMILES string of the molecule is NC1CC2CCCC(C1)C2NC(=O)CSCC(=O)N1CCOCC1. The van der Waals surface area contributed by atoms with Gasteiger partial charge in [0.1, 0.15) is 0 Å². The van der Waals surface area contributed by atoms with Crippen LogP contribution in [0.25, 0.3) is 0 Å². The van der Waals surface area contributed by atoms with Crippen LogP contribution in [-0.4, -0.2) is 66.6 Å². The van der Waals surface area contributed by atoms with Crippen molar-refractivity contribution in [3.63, 3.8) is 0 Å². The second-order valence-corrected chi connectivity index (χ2v) is 8.25. The molecule has 3 aliphatic rings. The van der Waals surface area contributed by atoms with E-state index in [1.165, 1.54) is 31.0 Å². The fraction of sp³-hybridized carbons (Fsp3) is 0.882. The van der Waals surface area contributed by atoms with E-state index >= 15 is 0 Å². The Hall–Kier alpha value is -0.790. The zero-order valence-corrected chi connectivity index (χ0v) is 15.1. The molecule has 1 heterocycles. The van der Waals surface area contributed by atoms with Gasteiger partial charge < -0.3 is 20.7 Å². The molecule has 2 saturated carbocycles. The fourth-order valence-corrected chi connectivity index (χ4v) is 5.12. The quantitative estimate of drug-likeness (QED) is 0.754. The molecular weight excluding hydrogens is 326 g/mol. The molecule has 2 atom stereocenters. The van der Waals surface area contributed by atoms with Crippen LogP contribution >= 0.6 is 11.8 Å². The number of thioether (sulfide) groups is 1. The van der Waals surface area contributed by atoms with Crippen LogP contribution < -0.4 is 11.1 Å². The smallest absolute Gasteiger partial charge is 0.232 e. The highest BCUT2D eigenvalue weighted by molar-refractivity contribution is 8.00. The van der Waals surface area contributed by atoms with E-state index in [2.05, 4.69) is 5.32 Å². The van der Waals surface area contributed by atoms with E-state index in [4.69, 9.17) is 10.5 Å². The highest BCUT2D eigenvalue weighted by atomic mass is 32.2. The minimum Gasteiger partial charge on any atom is -0.378 e. The molecule has 0 aromatic rings. The van der Waals surface area contributed by atoms with E-state index in [0.717, 1.165) is 12.8 Å². The number of carbonyl (C=O) groups is 2. The zero-order chi connectivity index (χ0) is 16.9. The molecule has 2 aliphatic carbocycles. The van der Waals surface area contributed by atoms with Gasteiger partial charge in [-0.3, -0.25) is 9.59 Å². The molecule has 0 spiro atoms. The van der Waals surface area contributed by atoms with E-state index in [1.807, 2.05) is 4.90 Å². The van der Waals surface area contributed by atoms with Crippen LogP contribution in [0.4, 0.5) is 0 Å². The molecule has 24 heavy (non-hydrogen) atoms. The second-order valence-electron chi connectivity index (χ2n) is 7.26. The summed E-state index contributed by atoms with van der Waals surface area (Å²) in [4.78, 5) is 26.2. The number of hydrogen-bond donors (Lipinski definition) is 2. The molecule has 136 valence electrons. The maximum Gasteiger partial charge on any atom is 0.232 e. The monoisotopic (exact) mass is 355 g/mol. The average Bonchev–Trinajstić information content (AvgIpc) is 2.56. The first-order chi connectivity index (χ1) is 11.6. The highest BCUT2D eigenvalue weighted by Gasteiger charge is 2.39. The first kappa shape index (κ1) is 18.0. The van der Waals surface area contributed by atoms with Crippen LogP contribution in [-0.2, 0) is 14.3 Å². The first-order valence-electron chi connectivity index (χ1n) is 9.11. The number of hydrogen-bond acceptors (Lipinski definition) is 5. The average molecular weight is 356 g/mol. The van der Waals surface area contributed by atoms with E-state index in [1.54, 1.807) is 0 Å². The van der Waals surface area contributed by atoms with Crippen LogP contribution in [0.5, 0.6) is 0 Å². The number of nitrogens with two attached hydrogens (primary N) is 1. The van der Waals surface area contributed by atoms with Gasteiger partial charge in [-0.05, 0) is 37.5 Å². The molecule has 7 heteroatoms. The maximum atomic E-state index is 12.3. The van der Waals surface area contributed by atoms with Crippen LogP contribution in [0.3, 0.4) is 0 Å². The summed E-state index contributed by atoms with van der Waals surface area (Å²) in [6.07, 6.45) is 5.68. The van der Waals surface area contributed by atoms with E-state index < -0.39 is 0 Å².